The quantitative estimate of drug-likeness (QED) is 0.168. The van der Waals surface area contributed by atoms with Gasteiger partial charge in [-0.1, -0.05) is 41.5 Å². The van der Waals surface area contributed by atoms with E-state index in [1.165, 1.54) is 18.1 Å². The largest absolute Gasteiger partial charge is 0.414 e. The van der Waals surface area contributed by atoms with Gasteiger partial charge in [0.25, 0.3) is 0 Å². The summed E-state index contributed by atoms with van der Waals surface area (Å²) in [4.78, 5) is 0. The third kappa shape index (κ3) is 10.1. The monoisotopic (exact) mass is 466 g/mol. The zero-order valence-electron chi connectivity index (χ0n) is 20.9. The van der Waals surface area contributed by atoms with Crippen LogP contribution >= 0.6 is 0 Å². The van der Waals surface area contributed by atoms with Crippen LogP contribution in [0.3, 0.4) is 0 Å². The first-order valence-corrected chi connectivity index (χ1v) is 19.4. The van der Waals surface area contributed by atoms with E-state index in [2.05, 4.69) is 48.1 Å². The van der Waals surface area contributed by atoms with Gasteiger partial charge in [-0.2, -0.15) is 0 Å². The molecule has 0 fully saturated rings. The lowest BCUT2D eigenvalue weighted by molar-refractivity contribution is 0.0172. The second kappa shape index (κ2) is 15.3. The molecule has 0 radical (unpaired) electrons. The summed E-state index contributed by atoms with van der Waals surface area (Å²) in [5.74, 6) is 0. The summed E-state index contributed by atoms with van der Waals surface area (Å²) in [5, 5.41) is 0. The number of hydrogen-bond acceptors (Lipinski definition) is 5. The van der Waals surface area contributed by atoms with Crippen LogP contribution in [0.2, 0.25) is 48.9 Å². The summed E-state index contributed by atoms with van der Waals surface area (Å²) in [7, 11) is -1.84. The number of rotatable bonds is 19. The van der Waals surface area contributed by atoms with E-state index >= 15 is 0 Å². The molecule has 0 aliphatic rings. The van der Waals surface area contributed by atoms with Crippen LogP contribution in [0.5, 0.6) is 0 Å². The van der Waals surface area contributed by atoms with Gasteiger partial charge in [0, 0.05) is 20.8 Å². The maximum absolute atomic E-state index is 6.77. The molecule has 5 nitrogen and oxygen atoms in total. The van der Waals surface area contributed by atoms with Crippen molar-refractivity contribution in [3.05, 3.63) is 0 Å². The van der Waals surface area contributed by atoms with E-state index < -0.39 is 25.2 Å². The molecule has 0 aromatic rings. The molecule has 0 aliphatic heterocycles. The molecule has 0 aliphatic carbocycles. The Balaban J connectivity index is 4.87. The summed E-state index contributed by atoms with van der Waals surface area (Å²) in [6.07, 6.45) is 1.000. The molecule has 0 saturated heterocycles. The summed E-state index contributed by atoms with van der Waals surface area (Å²) in [6.45, 7) is 17.8. The fourth-order valence-corrected chi connectivity index (χ4v) is 10.6. The Morgan fingerprint density at radius 1 is 0.690 bits per heavy atom. The zero-order valence-corrected chi connectivity index (χ0v) is 23.9. The van der Waals surface area contributed by atoms with Crippen molar-refractivity contribution in [1.82, 2.24) is 0 Å². The van der Waals surface area contributed by atoms with Gasteiger partial charge in [0.1, 0.15) is 0 Å². The Morgan fingerprint density at radius 2 is 1.17 bits per heavy atom. The minimum absolute atomic E-state index is 0.0477. The lowest BCUT2D eigenvalue weighted by Crippen LogP contribution is -2.46. The standard InChI is InChI=1S/C21H50O5Si3/c1-10-28(11-2,12-3)25-20-21(26-29(13-4,14-5)15-6)19-24-17-16-18-27(9,22-7)23-8/h21H,10-20H2,1-9H3. The number of hydrogen-bond donors (Lipinski definition) is 0. The first kappa shape index (κ1) is 29.5. The van der Waals surface area contributed by atoms with Crippen LogP contribution < -0.4 is 0 Å². The average molecular weight is 467 g/mol. The van der Waals surface area contributed by atoms with E-state index in [4.69, 9.17) is 22.4 Å². The third-order valence-electron chi connectivity index (χ3n) is 6.95. The molecule has 0 heterocycles. The molecule has 0 saturated carbocycles. The van der Waals surface area contributed by atoms with Crippen LogP contribution in [0, 0.1) is 0 Å². The molecule has 8 heteroatoms. The lowest BCUT2D eigenvalue weighted by Gasteiger charge is -2.36. The molecule has 0 amide bonds. The van der Waals surface area contributed by atoms with Crippen molar-refractivity contribution in [2.75, 3.05) is 34.0 Å². The van der Waals surface area contributed by atoms with Crippen molar-refractivity contribution in [2.45, 2.75) is 103 Å². The predicted octanol–water partition coefficient (Wildman–Crippen LogP) is 6.17. The van der Waals surface area contributed by atoms with Gasteiger partial charge in [0.15, 0.2) is 16.6 Å². The SMILES string of the molecule is CC[Si](CC)(CC)OCC(COCCC[Si](C)(OC)OC)O[Si](CC)(CC)CC. The Kier molecular flexibility index (Phi) is 15.5. The average Bonchev–Trinajstić information content (AvgIpc) is 2.77. The molecule has 0 rings (SSSR count). The van der Waals surface area contributed by atoms with Crippen molar-refractivity contribution in [1.29, 1.82) is 0 Å². The molecule has 29 heavy (non-hydrogen) atoms. The second-order valence-electron chi connectivity index (χ2n) is 8.26. The van der Waals surface area contributed by atoms with E-state index in [9.17, 15) is 0 Å². The molecular weight excluding hydrogens is 416 g/mol. The zero-order chi connectivity index (χ0) is 22.4. The second-order valence-corrected chi connectivity index (χ2v) is 21.3. The van der Waals surface area contributed by atoms with Crippen LogP contribution in [0.15, 0.2) is 0 Å². The highest BCUT2D eigenvalue weighted by Gasteiger charge is 2.35. The van der Waals surface area contributed by atoms with Crippen molar-refractivity contribution in [2.24, 2.45) is 0 Å². The van der Waals surface area contributed by atoms with Crippen LogP contribution in [0.25, 0.3) is 0 Å². The summed E-state index contributed by atoms with van der Waals surface area (Å²) >= 11 is 0. The van der Waals surface area contributed by atoms with Crippen LogP contribution in [0.4, 0.5) is 0 Å². The van der Waals surface area contributed by atoms with Crippen LogP contribution in [-0.4, -0.2) is 65.3 Å². The van der Waals surface area contributed by atoms with Gasteiger partial charge >= 0.3 is 8.56 Å². The third-order valence-corrected chi connectivity index (χ3v) is 19.3. The van der Waals surface area contributed by atoms with Gasteiger partial charge in [-0.3, -0.25) is 0 Å². The molecule has 0 aromatic heterocycles. The molecular formula is C21H50O5Si3. The predicted molar refractivity (Wildman–Crippen MR) is 131 cm³/mol. The smallest absolute Gasteiger partial charge is 0.334 e. The topological polar surface area (TPSA) is 46.2 Å². The fraction of sp³-hybridized carbons (Fsp3) is 1.00. The first-order valence-electron chi connectivity index (χ1n) is 11.8. The maximum atomic E-state index is 6.77. The fourth-order valence-electron chi connectivity index (χ4n) is 3.79. The number of ether oxygens (including phenoxy) is 1. The van der Waals surface area contributed by atoms with E-state index in [0.29, 0.717) is 19.8 Å². The van der Waals surface area contributed by atoms with E-state index in [-0.39, 0.29) is 6.10 Å². The summed E-state index contributed by atoms with van der Waals surface area (Å²) in [5.41, 5.74) is 0. The normalized spacial score (nSPS) is 14.4. The molecule has 1 unspecified atom stereocenters. The Bertz CT molecular complexity index is 383. The van der Waals surface area contributed by atoms with Crippen LogP contribution in [-0.2, 0) is 22.4 Å². The van der Waals surface area contributed by atoms with Crippen molar-refractivity contribution in [3.63, 3.8) is 0 Å². The van der Waals surface area contributed by atoms with Gasteiger partial charge < -0.3 is 22.4 Å². The Morgan fingerprint density at radius 3 is 1.59 bits per heavy atom. The molecule has 176 valence electrons. The molecule has 0 spiro atoms. The lowest BCUT2D eigenvalue weighted by atomic mass is 10.4. The van der Waals surface area contributed by atoms with Gasteiger partial charge in [0.2, 0.25) is 0 Å². The maximum Gasteiger partial charge on any atom is 0.334 e. The van der Waals surface area contributed by atoms with Crippen molar-refractivity contribution < 1.29 is 22.4 Å². The first-order chi connectivity index (χ1) is 13.8. The molecule has 0 bridgehead atoms. The van der Waals surface area contributed by atoms with E-state index in [0.717, 1.165) is 30.6 Å². The molecule has 1 atom stereocenters. The summed E-state index contributed by atoms with van der Waals surface area (Å²) < 4.78 is 30.6. The molecule has 0 N–H and O–H groups in total. The van der Waals surface area contributed by atoms with Crippen LogP contribution in [0.1, 0.15) is 48.0 Å². The highest BCUT2D eigenvalue weighted by atomic mass is 28.4. The molecule has 0 aromatic carbocycles. The highest BCUT2D eigenvalue weighted by molar-refractivity contribution is 6.74. The van der Waals surface area contributed by atoms with Gasteiger partial charge in [0.05, 0.1) is 19.3 Å². The van der Waals surface area contributed by atoms with E-state index in [1.807, 2.05) is 0 Å². The van der Waals surface area contributed by atoms with Gasteiger partial charge in [-0.15, -0.1) is 0 Å². The van der Waals surface area contributed by atoms with Gasteiger partial charge in [-0.05, 0) is 55.3 Å². The van der Waals surface area contributed by atoms with Crippen molar-refractivity contribution >= 4 is 25.2 Å². The van der Waals surface area contributed by atoms with Crippen molar-refractivity contribution in [3.8, 4) is 0 Å². The Hall–Kier alpha value is 0.451. The van der Waals surface area contributed by atoms with E-state index in [1.54, 1.807) is 14.2 Å². The Labute approximate surface area is 184 Å². The summed E-state index contributed by atoms with van der Waals surface area (Å²) in [6, 6.07) is 7.91. The van der Waals surface area contributed by atoms with Gasteiger partial charge in [-0.25, -0.2) is 0 Å². The minimum Gasteiger partial charge on any atom is -0.414 e. The minimum atomic E-state index is -2.01. The highest BCUT2D eigenvalue weighted by Crippen LogP contribution is 2.26.